The molecule has 1 aliphatic heterocycles. The Morgan fingerprint density at radius 3 is 2.23 bits per heavy atom. The van der Waals surface area contributed by atoms with Crippen molar-refractivity contribution in [2.45, 2.75) is 39.5 Å². The molecule has 2 fully saturated rings. The van der Waals surface area contributed by atoms with Gasteiger partial charge in [0.2, 0.25) is 0 Å². The molecular weight excluding hydrogens is 388 g/mol. The van der Waals surface area contributed by atoms with E-state index in [0.29, 0.717) is 31.6 Å². The van der Waals surface area contributed by atoms with Crippen molar-refractivity contribution in [3.8, 4) is 11.8 Å². The summed E-state index contributed by atoms with van der Waals surface area (Å²) in [5.41, 5.74) is 4.06. The molecule has 0 N–H and O–H groups in total. The number of Topliss-reactive ketones (excluding diaryl/α,β-unsaturated/α-hetero) is 2. The van der Waals surface area contributed by atoms with Crippen LogP contribution in [0.25, 0.3) is 0 Å². The monoisotopic (exact) mass is 414 g/mol. The Balaban J connectivity index is 1.44. The van der Waals surface area contributed by atoms with Gasteiger partial charge in [-0.15, -0.1) is 5.92 Å². The molecule has 158 valence electrons. The van der Waals surface area contributed by atoms with Gasteiger partial charge in [-0.25, -0.2) is 0 Å². The summed E-state index contributed by atoms with van der Waals surface area (Å²) in [6.07, 6.45) is 2.39. The number of carbonyl (C=O) groups is 3. The zero-order valence-corrected chi connectivity index (χ0v) is 18.1. The van der Waals surface area contributed by atoms with Gasteiger partial charge in [-0.2, -0.15) is 0 Å². The van der Waals surface area contributed by atoms with Gasteiger partial charge in [-0.1, -0.05) is 12.0 Å². The lowest BCUT2D eigenvalue weighted by atomic mass is 9.69. The average Bonchev–Trinajstić information content (AvgIpc) is 2.69. The highest BCUT2D eigenvalue weighted by atomic mass is 16.2. The summed E-state index contributed by atoms with van der Waals surface area (Å²) in [6.45, 7) is 6.84. The molecule has 0 bridgehead atoms. The van der Waals surface area contributed by atoms with Crippen LogP contribution in [0.4, 0.5) is 0 Å². The van der Waals surface area contributed by atoms with Gasteiger partial charge in [-0.05, 0) is 73.6 Å². The van der Waals surface area contributed by atoms with Crippen molar-refractivity contribution >= 4 is 17.5 Å². The number of aryl methyl sites for hydroxylation is 2. The molecule has 2 aromatic rings. The minimum absolute atomic E-state index is 0.00345. The topological polar surface area (TPSA) is 67.3 Å². The molecule has 2 heterocycles. The molecular formula is C26H26N2O3. The van der Waals surface area contributed by atoms with Gasteiger partial charge in [0.05, 0.1) is 0 Å². The molecule has 5 nitrogen and oxygen atoms in total. The maximum atomic E-state index is 13.1. The fourth-order valence-corrected chi connectivity index (χ4v) is 4.93. The molecule has 5 heteroatoms. The van der Waals surface area contributed by atoms with E-state index in [1.54, 1.807) is 36.2 Å². The summed E-state index contributed by atoms with van der Waals surface area (Å²) in [4.78, 5) is 44.5. The van der Waals surface area contributed by atoms with Gasteiger partial charge >= 0.3 is 0 Å². The Labute approximate surface area is 182 Å². The first-order valence-electron chi connectivity index (χ1n) is 10.7. The molecule has 1 saturated carbocycles. The number of likely N-dealkylation sites (tertiary alicyclic amines) is 1. The normalized spacial score (nSPS) is 21.3. The number of hydrogen-bond acceptors (Lipinski definition) is 4. The quantitative estimate of drug-likeness (QED) is 0.570. The number of benzene rings is 1. The minimum Gasteiger partial charge on any atom is -0.337 e. The van der Waals surface area contributed by atoms with Gasteiger partial charge in [0.15, 0.2) is 0 Å². The van der Waals surface area contributed by atoms with Crippen molar-refractivity contribution in [1.29, 1.82) is 0 Å². The van der Waals surface area contributed by atoms with E-state index in [4.69, 9.17) is 0 Å². The van der Waals surface area contributed by atoms with Crippen LogP contribution < -0.4 is 0 Å². The molecule has 2 aliphatic rings. The molecule has 1 aromatic carbocycles. The van der Waals surface area contributed by atoms with E-state index in [2.05, 4.69) is 16.8 Å². The third-order valence-electron chi connectivity index (χ3n) is 6.47. The van der Waals surface area contributed by atoms with E-state index in [1.165, 1.54) is 0 Å². The zero-order chi connectivity index (χ0) is 22.1. The van der Waals surface area contributed by atoms with Gasteiger partial charge < -0.3 is 4.90 Å². The van der Waals surface area contributed by atoms with Crippen LogP contribution in [-0.4, -0.2) is 40.4 Å². The van der Waals surface area contributed by atoms with Crippen molar-refractivity contribution in [3.05, 3.63) is 64.5 Å². The summed E-state index contributed by atoms with van der Waals surface area (Å²) in [6, 6.07) is 9.19. The highest BCUT2D eigenvalue weighted by Gasteiger charge is 2.44. The fourth-order valence-electron chi connectivity index (χ4n) is 4.93. The molecule has 0 atom stereocenters. The molecule has 1 amide bonds. The summed E-state index contributed by atoms with van der Waals surface area (Å²) in [5, 5.41) is 0. The predicted octanol–water partition coefficient (Wildman–Crippen LogP) is 3.47. The van der Waals surface area contributed by atoms with Gasteiger partial charge in [-0.3, -0.25) is 19.4 Å². The average molecular weight is 415 g/mol. The van der Waals surface area contributed by atoms with Crippen LogP contribution in [0.15, 0.2) is 36.5 Å². The first kappa shape index (κ1) is 21.0. The summed E-state index contributed by atoms with van der Waals surface area (Å²) in [7, 11) is 0. The zero-order valence-electron chi connectivity index (χ0n) is 18.1. The van der Waals surface area contributed by atoms with Crippen LogP contribution in [0.3, 0.4) is 0 Å². The number of pyridine rings is 1. The Kier molecular flexibility index (Phi) is 5.73. The van der Waals surface area contributed by atoms with Crippen molar-refractivity contribution < 1.29 is 14.4 Å². The predicted molar refractivity (Wildman–Crippen MR) is 118 cm³/mol. The number of carbonyl (C=O) groups excluding carboxylic acids is 3. The SMILES string of the molecule is CC#Cc1cc(C)c(C2C(=O)CC(C3CN(C(=O)c4ccccn4)C3)CC2=O)c(C)c1. The largest absolute Gasteiger partial charge is 0.337 e. The first-order chi connectivity index (χ1) is 14.9. The fraction of sp³-hybridized carbons (Fsp3) is 0.385. The second-order valence-electron chi connectivity index (χ2n) is 8.62. The third-order valence-corrected chi connectivity index (χ3v) is 6.47. The second kappa shape index (κ2) is 8.47. The summed E-state index contributed by atoms with van der Waals surface area (Å²) in [5.74, 6) is 5.36. The lowest BCUT2D eigenvalue weighted by molar-refractivity contribution is -0.135. The van der Waals surface area contributed by atoms with Crippen LogP contribution in [0.5, 0.6) is 0 Å². The molecule has 4 rings (SSSR count). The lowest BCUT2D eigenvalue weighted by Gasteiger charge is -2.44. The molecule has 1 aliphatic carbocycles. The van der Waals surface area contributed by atoms with E-state index in [-0.39, 0.29) is 29.3 Å². The maximum Gasteiger partial charge on any atom is 0.272 e. The van der Waals surface area contributed by atoms with E-state index < -0.39 is 5.92 Å². The number of rotatable bonds is 3. The molecule has 1 saturated heterocycles. The second-order valence-corrected chi connectivity index (χ2v) is 8.62. The highest BCUT2D eigenvalue weighted by Crippen LogP contribution is 2.39. The Morgan fingerprint density at radius 1 is 1.03 bits per heavy atom. The molecule has 31 heavy (non-hydrogen) atoms. The van der Waals surface area contributed by atoms with E-state index in [9.17, 15) is 14.4 Å². The van der Waals surface area contributed by atoms with Gasteiger partial charge in [0.25, 0.3) is 5.91 Å². The van der Waals surface area contributed by atoms with Crippen molar-refractivity contribution in [2.75, 3.05) is 13.1 Å². The Bertz CT molecular complexity index is 1060. The summed E-state index contributed by atoms with van der Waals surface area (Å²) >= 11 is 0. The molecule has 0 radical (unpaired) electrons. The van der Waals surface area contributed by atoms with Crippen LogP contribution in [-0.2, 0) is 9.59 Å². The number of hydrogen-bond donors (Lipinski definition) is 0. The van der Waals surface area contributed by atoms with Gasteiger partial charge in [0.1, 0.15) is 23.2 Å². The highest BCUT2D eigenvalue weighted by molar-refractivity contribution is 6.10. The molecule has 0 unspecified atom stereocenters. The van der Waals surface area contributed by atoms with Crippen LogP contribution in [0.1, 0.15) is 58.4 Å². The number of amides is 1. The number of aromatic nitrogens is 1. The maximum absolute atomic E-state index is 13.1. The smallest absolute Gasteiger partial charge is 0.272 e. The molecule has 0 spiro atoms. The first-order valence-corrected chi connectivity index (χ1v) is 10.7. The molecule has 1 aromatic heterocycles. The van der Waals surface area contributed by atoms with Crippen LogP contribution >= 0.6 is 0 Å². The standard InChI is InChI=1S/C26H26N2O3/c1-4-7-18-10-16(2)24(17(3)11-18)25-22(29)12-19(13-23(25)30)20-14-28(15-20)26(31)21-8-5-6-9-27-21/h5-6,8-11,19-20,25H,12-15H2,1-3H3. The summed E-state index contributed by atoms with van der Waals surface area (Å²) < 4.78 is 0. The Hall–Kier alpha value is -3.26. The van der Waals surface area contributed by atoms with E-state index in [0.717, 1.165) is 22.3 Å². The minimum atomic E-state index is -0.675. The van der Waals surface area contributed by atoms with Crippen LogP contribution in [0.2, 0.25) is 0 Å². The van der Waals surface area contributed by atoms with Crippen molar-refractivity contribution in [1.82, 2.24) is 9.88 Å². The van der Waals surface area contributed by atoms with Crippen LogP contribution in [0, 0.1) is 37.5 Å². The van der Waals surface area contributed by atoms with Crippen molar-refractivity contribution in [3.63, 3.8) is 0 Å². The number of ketones is 2. The number of nitrogens with zero attached hydrogens (tertiary/aromatic N) is 2. The third kappa shape index (κ3) is 4.03. The van der Waals surface area contributed by atoms with E-state index in [1.807, 2.05) is 26.0 Å². The van der Waals surface area contributed by atoms with Gasteiger partial charge in [0, 0.05) is 37.7 Å². The lowest BCUT2D eigenvalue weighted by Crippen LogP contribution is -2.54. The van der Waals surface area contributed by atoms with Crippen molar-refractivity contribution in [2.24, 2.45) is 11.8 Å². The Morgan fingerprint density at radius 2 is 1.68 bits per heavy atom. The van der Waals surface area contributed by atoms with E-state index >= 15 is 0 Å².